The smallest absolute Gasteiger partial charge is 0.262 e. The van der Waals surface area contributed by atoms with Gasteiger partial charge in [0.25, 0.3) is 11.8 Å². The van der Waals surface area contributed by atoms with Gasteiger partial charge in [-0.15, -0.1) is 11.3 Å². The highest BCUT2D eigenvalue weighted by molar-refractivity contribution is 7.15. The Morgan fingerprint density at radius 3 is 2.15 bits per heavy atom. The topological polar surface area (TPSA) is 66.5 Å². The first-order chi connectivity index (χ1) is 13.1. The van der Waals surface area contributed by atoms with Crippen LogP contribution in [-0.4, -0.2) is 29.2 Å². The number of fused-ring (bicyclic) bond motifs is 1. The third-order valence-electron chi connectivity index (χ3n) is 4.36. The molecule has 0 unspecified atom stereocenters. The summed E-state index contributed by atoms with van der Waals surface area (Å²) in [5, 5.41) is 2.78. The summed E-state index contributed by atoms with van der Waals surface area (Å²) < 4.78 is 0. The molecule has 2 heterocycles. The maximum absolute atomic E-state index is 12.3. The average Bonchev–Trinajstić information content (AvgIpc) is 3.27. The van der Waals surface area contributed by atoms with Gasteiger partial charge in [0, 0.05) is 9.75 Å². The van der Waals surface area contributed by atoms with E-state index in [0.717, 1.165) is 20.2 Å². The Bertz CT molecular complexity index is 992. The summed E-state index contributed by atoms with van der Waals surface area (Å²) in [6.45, 7) is 0.0861. The van der Waals surface area contributed by atoms with Crippen molar-refractivity contribution in [2.45, 2.75) is 6.54 Å². The molecule has 1 aliphatic rings. The van der Waals surface area contributed by atoms with Crippen LogP contribution in [0.5, 0.6) is 0 Å². The van der Waals surface area contributed by atoms with Gasteiger partial charge in [-0.3, -0.25) is 19.3 Å². The predicted octanol–water partition coefficient (Wildman–Crippen LogP) is 3.33. The van der Waals surface area contributed by atoms with Crippen LogP contribution in [0.3, 0.4) is 0 Å². The summed E-state index contributed by atoms with van der Waals surface area (Å²) in [7, 11) is 0. The highest BCUT2D eigenvalue weighted by atomic mass is 32.1. The van der Waals surface area contributed by atoms with E-state index in [-0.39, 0.29) is 12.5 Å². The van der Waals surface area contributed by atoms with Crippen LogP contribution in [0.25, 0.3) is 10.4 Å². The molecule has 27 heavy (non-hydrogen) atoms. The molecule has 134 valence electrons. The van der Waals surface area contributed by atoms with E-state index in [9.17, 15) is 14.4 Å². The minimum atomic E-state index is -0.423. The minimum absolute atomic E-state index is 0.275. The average molecular weight is 376 g/mol. The summed E-state index contributed by atoms with van der Waals surface area (Å²) in [5.41, 5.74) is 1.83. The summed E-state index contributed by atoms with van der Waals surface area (Å²) >= 11 is 1.60. The SMILES string of the molecule is O=C(CN1C(=O)c2ccccc2C1=O)NCc1ccc(-c2ccccc2)s1. The molecule has 0 bridgehead atoms. The first-order valence-electron chi connectivity index (χ1n) is 8.49. The molecule has 3 amide bonds. The van der Waals surface area contributed by atoms with E-state index in [1.54, 1.807) is 35.6 Å². The van der Waals surface area contributed by atoms with Crippen molar-refractivity contribution in [3.8, 4) is 10.4 Å². The lowest BCUT2D eigenvalue weighted by Crippen LogP contribution is -2.40. The summed E-state index contributed by atoms with van der Waals surface area (Å²) in [6, 6.07) is 20.6. The lowest BCUT2D eigenvalue weighted by molar-refractivity contribution is -0.121. The highest BCUT2D eigenvalue weighted by Gasteiger charge is 2.36. The fraction of sp³-hybridized carbons (Fsp3) is 0.0952. The molecule has 1 N–H and O–H groups in total. The third kappa shape index (κ3) is 3.39. The molecule has 0 atom stereocenters. The van der Waals surface area contributed by atoms with Crippen LogP contribution in [0.2, 0.25) is 0 Å². The molecule has 1 aromatic heterocycles. The monoisotopic (exact) mass is 376 g/mol. The molecular weight excluding hydrogens is 360 g/mol. The Morgan fingerprint density at radius 1 is 0.852 bits per heavy atom. The van der Waals surface area contributed by atoms with Crippen molar-refractivity contribution in [1.82, 2.24) is 10.2 Å². The third-order valence-corrected chi connectivity index (χ3v) is 5.49. The van der Waals surface area contributed by atoms with Gasteiger partial charge in [-0.1, -0.05) is 42.5 Å². The zero-order valence-corrected chi connectivity index (χ0v) is 15.2. The molecule has 2 aromatic carbocycles. The molecule has 3 aromatic rings. The Kier molecular flexibility index (Phi) is 4.56. The number of nitrogens with zero attached hydrogens (tertiary/aromatic N) is 1. The Morgan fingerprint density at radius 2 is 1.48 bits per heavy atom. The number of imide groups is 1. The molecule has 6 heteroatoms. The van der Waals surface area contributed by atoms with Crippen LogP contribution < -0.4 is 5.32 Å². The van der Waals surface area contributed by atoms with Gasteiger partial charge in [-0.2, -0.15) is 0 Å². The standard InChI is InChI=1S/C21H16N2O3S/c24-19(13-23-20(25)16-8-4-5-9-17(16)21(23)26)22-12-15-10-11-18(27-15)14-6-2-1-3-7-14/h1-11H,12-13H2,(H,22,24). The van der Waals surface area contributed by atoms with Crippen LogP contribution in [0.4, 0.5) is 0 Å². The van der Waals surface area contributed by atoms with Crippen molar-refractivity contribution < 1.29 is 14.4 Å². The van der Waals surface area contributed by atoms with E-state index in [4.69, 9.17) is 0 Å². The zero-order chi connectivity index (χ0) is 18.8. The minimum Gasteiger partial charge on any atom is -0.350 e. The normalized spacial score (nSPS) is 13.0. The second kappa shape index (κ2) is 7.17. The van der Waals surface area contributed by atoms with Crippen LogP contribution in [0, 0.1) is 0 Å². The zero-order valence-electron chi connectivity index (χ0n) is 14.3. The molecule has 0 spiro atoms. The van der Waals surface area contributed by atoms with Gasteiger partial charge in [-0.05, 0) is 29.8 Å². The summed E-state index contributed by atoms with van der Waals surface area (Å²) in [6.07, 6.45) is 0. The molecule has 0 saturated carbocycles. The lowest BCUT2D eigenvalue weighted by atomic mass is 10.1. The molecule has 5 nitrogen and oxygen atoms in total. The van der Waals surface area contributed by atoms with Crippen molar-refractivity contribution >= 4 is 29.1 Å². The number of thiophene rings is 1. The molecule has 0 saturated heterocycles. The number of carbonyl (C=O) groups is 3. The van der Waals surface area contributed by atoms with Crippen molar-refractivity contribution in [3.63, 3.8) is 0 Å². The van der Waals surface area contributed by atoms with Crippen LogP contribution in [0.1, 0.15) is 25.6 Å². The van der Waals surface area contributed by atoms with Crippen LogP contribution >= 0.6 is 11.3 Å². The first kappa shape index (κ1) is 17.2. The number of benzene rings is 2. The van der Waals surface area contributed by atoms with E-state index in [1.807, 2.05) is 42.5 Å². The van der Waals surface area contributed by atoms with E-state index < -0.39 is 11.8 Å². The second-order valence-corrected chi connectivity index (χ2v) is 7.32. The molecule has 4 rings (SSSR count). The van der Waals surface area contributed by atoms with Gasteiger partial charge < -0.3 is 5.32 Å². The number of carbonyl (C=O) groups excluding carboxylic acids is 3. The first-order valence-corrected chi connectivity index (χ1v) is 9.31. The Hall–Kier alpha value is -3.25. The molecule has 0 radical (unpaired) electrons. The number of hydrogen-bond acceptors (Lipinski definition) is 4. The lowest BCUT2D eigenvalue weighted by Gasteiger charge is -2.13. The van der Waals surface area contributed by atoms with Crippen LogP contribution in [0.15, 0.2) is 66.7 Å². The van der Waals surface area contributed by atoms with E-state index in [1.165, 1.54) is 0 Å². The summed E-state index contributed by atoms with van der Waals surface area (Å²) in [5.74, 6) is -1.21. The maximum atomic E-state index is 12.3. The van der Waals surface area contributed by atoms with Crippen molar-refractivity contribution in [3.05, 3.63) is 82.7 Å². The fourth-order valence-electron chi connectivity index (χ4n) is 3.00. The van der Waals surface area contributed by atoms with Crippen molar-refractivity contribution in [2.24, 2.45) is 0 Å². The van der Waals surface area contributed by atoms with Crippen molar-refractivity contribution in [2.75, 3.05) is 6.54 Å². The molecule has 0 fully saturated rings. The van der Waals surface area contributed by atoms with E-state index >= 15 is 0 Å². The van der Waals surface area contributed by atoms with Gasteiger partial charge >= 0.3 is 0 Å². The molecular formula is C21H16N2O3S. The quantitative estimate of drug-likeness (QED) is 0.695. The fourth-order valence-corrected chi connectivity index (χ4v) is 3.95. The number of hydrogen-bond donors (Lipinski definition) is 1. The Balaban J connectivity index is 1.37. The number of nitrogens with one attached hydrogen (secondary N) is 1. The Labute approximate surface area is 160 Å². The van der Waals surface area contributed by atoms with Gasteiger partial charge in [0.05, 0.1) is 17.7 Å². The maximum Gasteiger partial charge on any atom is 0.262 e. The number of amides is 3. The molecule has 1 aliphatic heterocycles. The molecule has 0 aliphatic carbocycles. The largest absolute Gasteiger partial charge is 0.350 e. The van der Waals surface area contributed by atoms with E-state index in [2.05, 4.69) is 5.32 Å². The second-order valence-electron chi connectivity index (χ2n) is 6.15. The highest BCUT2D eigenvalue weighted by Crippen LogP contribution is 2.27. The van der Waals surface area contributed by atoms with Gasteiger partial charge in [0.15, 0.2) is 0 Å². The number of rotatable bonds is 5. The van der Waals surface area contributed by atoms with Gasteiger partial charge in [0.2, 0.25) is 5.91 Å². The van der Waals surface area contributed by atoms with Crippen molar-refractivity contribution in [1.29, 1.82) is 0 Å². The summed E-state index contributed by atoms with van der Waals surface area (Å²) in [4.78, 5) is 40.0. The van der Waals surface area contributed by atoms with Gasteiger partial charge in [-0.25, -0.2) is 0 Å². The van der Waals surface area contributed by atoms with Crippen LogP contribution in [-0.2, 0) is 11.3 Å². The predicted molar refractivity (Wildman–Crippen MR) is 103 cm³/mol. The van der Waals surface area contributed by atoms with E-state index in [0.29, 0.717) is 17.7 Å². The van der Waals surface area contributed by atoms with Gasteiger partial charge in [0.1, 0.15) is 6.54 Å².